The number of ether oxygens (including phenoxy) is 5. The van der Waals surface area contributed by atoms with E-state index in [1.54, 1.807) is 41.5 Å². The van der Waals surface area contributed by atoms with Crippen LogP contribution in [0.3, 0.4) is 0 Å². The maximum Gasteiger partial charge on any atom is 0.514 e. The van der Waals surface area contributed by atoms with E-state index in [1.165, 1.54) is 18.2 Å². The van der Waals surface area contributed by atoms with Crippen LogP contribution >= 0.6 is 0 Å². The van der Waals surface area contributed by atoms with Gasteiger partial charge in [-0.3, -0.25) is 9.59 Å². The second-order valence-electron chi connectivity index (χ2n) is 9.22. The predicted molar refractivity (Wildman–Crippen MR) is 129 cm³/mol. The minimum absolute atomic E-state index is 0.140. The Balaban J connectivity index is 3.19. The third kappa shape index (κ3) is 10.1. The van der Waals surface area contributed by atoms with E-state index < -0.39 is 48.1 Å². The van der Waals surface area contributed by atoms with Crippen LogP contribution in [0, 0.1) is 5.92 Å². The highest BCUT2D eigenvalue weighted by Gasteiger charge is 2.37. The molecule has 3 N–H and O–H groups in total. The van der Waals surface area contributed by atoms with Gasteiger partial charge >= 0.3 is 24.2 Å². The van der Waals surface area contributed by atoms with Crippen LogP contribution in [0.5, 0.6) is 11.5 Å². The molecule has 0 spiro atoms. The van der Waals surface area contributed by atoms with Crippen molar-refractivity contribution in [2.75, 3.05) is 0 Å². The summed E-state index contributed by atoms with van der Waals surface area (Å²) in [5.74, 6) is -2.41. The van der Waals surface area contributed by atoms with Gasteiger partial charge in [0, 0.05) is 12.8 Å². The van der Waals surface area contributed by atoms with Crippen molar-refractivity contribution < 1.29 is 48.0 Å². The Labute approximate surface area is 211 Å². The molecule has 36 heavy (non-hydrogen) atoms. The summed E-state index contributed by atoms with van der Waals surface area (Å²) >= 11 is 0. The fourth-order valence-corrected chi connectivity index (χ4v) is 3.07. The normalized spacial score (nSPS) is 14.4. The molecule has 2 unspecified atom stereocenters. The number of aliphatic carboxylic acids is 1. The van der Waals surface area contributed by atoms with E-state index in [0.29, 0.717) is 12.0 Å². The van der Waals surface area contributed by atoms with Crippen molar-refractivity contribution in [3.8, 4) is 11.5 Å². The molecule has 11 heteroatoms. The molecule has 3 atom stereocenters. The first-order chi connectivity index (χ1) is 16.7. The summed E-state index contributed by atoms with van der Waals surface area (Å²) in [5.41, 5.74) is 4.76. The fraction of sp³-hybridized carbons (Fsp3) is 0.600. The fourth-order valence-electron chi connectivity index (χ4n) is 3.07. The van der Waals surface area contributed by atoms with E-state index in [-0.39, 0.29) is 30.3 Å². The largest absolute Gasteiger partial charge is 0.514 e. The van der Waals surface area contributed by atoms with Crippen LogP contribution in [0.4, 0.5) is 9.59 Å². The Hall–Kier alpha value is -3.34. The zero-order chi connectivity index (χ0) is 27.6. The number of benzene rings is 1. The number of hydrogen-bond donors (Lipinski definition) is 2. The SMILES string of the molecule is CCC(C)C(=O)O[C@@H](C)CC(N)(Cc1ccc(OC(=O)OC(C)C)c(OC(=O)OC(C)C)c1)C(=O)O. The number of carboxylic acid groups (broad SMARTS) is 1. The molecule has 11 nitrogen and oxygen atoms in total. The Morgan fingerprint density at radius 3 is 1.89 bits per heavy atom. The molecule has 0 saturated heterocycles. The second kappa shape index (κ2) is 13.7. The first kappa shape index (κ1) is 30.7. The summed E-state index contributed by atoms with van der Waals surface area (Å²) in [4.78, 5) is 48.2. The summed E-state index contributed by atoms with van der Waals surface area (Å²) in [5, 5.41) is 9.85. The molecule has 0 amide bonds. The summed E-state index contributed by atoms with van der Waals surface area (Å²) in [7, 11) is 0. The lowest BCUT2D eigenvalue weighted by Crippen LogP contribution is -2.52. The van der Waals surface area contributed by atoms with Gasteiger partial charge < -0.3 is 34.5 Å². The molecule has 1 aromatic rings. The molecule has 1 rings (SSSR count). The van der Waals surface area contributed by atoms with E-state index in [0.717, 1.165) is 0 Å². The molecular formula is C25H37NO10. The van der Waals surface area contributed by atoms with E-state index in [1.807, 2.05) is 6.92 Å². The maximum absolute atomic E-state index is 12.1. The Morgan fingerprint density at radius 1 is 0.889 bits per heavy atom. The van der Waals surface area contributed by atoms with Crippen molar-refractivity contribution in [1.29, 1.82) is 0 Å². The van der Waals surface area contributed by atoms with Crippen molar-refractivity contribution in [2.45, 2.75) is 91.6 Å². The number of hydrogen-bond acceptors (Lipinski definition) is 10. The number of carbonyl (C=O) groups is 4. The van der Waals surface area contributed by atoms with Crippen molar-refractivity contribution in [3.05, 3.63) is 23.8 Å². The molecule has 0 aliphatic rings. The zero-order valence-electron chi connectivity index (χ0n) is 21.9. The van der Waals surface area contributed by atoms with Gasteiger partial charge in [-0.15, -0.1) is 0 Å². The van der Waals surface area contributed by atoms with Gasteiger partial charge in [-0.1, -0.05) is 19.9 Å². The van der Waals surface area contributed by atoms with Crippen LogP contribution in [-0.4, -0.2) is 53.2 Å². The average molecular weight is 512 g/mol. The third-order valence-corrected chi connectivity index (χ3v) is 4.99. The van der Waals surface area contributed by atoms with Gasteiger partial charge in [0.1, 0.15) is 11.6 Å². The lowest BCUT2D eigenvalue weighted by molar-refractivity contribution is -0.156. The summed E-state index contributed by atoms with van der Waals surface area (Å²) in [6, 6.07) is 4.11. The quantitative estimate of drug-likeness (QED) is 0.235. The zero-order valence-corrected chi connectivity index (χ0v) is 21.9. The van der Waals surface area contributed by atoms with E-state index >= 15 is 0 Å². The molecule has 0 aliphatic carbocycles. The van der Waals surface area contributed by atoms with Crippen LogP contribution in [0.15, 0.2) is 18.2 Å². The first-order valence-corrected chi connectivity index (χ1v) is 11.8. The molecule has 0 fully saturated rings. The standard InChI is InChI=1S/C25H37NO10/c1-8-16(6)21(27)34-17(7)12-25(26,22(28)29)13-18-9-10-19(35-23(30)32-14(2)3)20(11-18)36-24(31)33-15(4)5/h9-11,14-17H,8,12-13,26H2,1-7H3,(H,28,29)/t16?,17-,25?/m0/s1. The molecule has 0 heterocycles. The topological polar surface area (TPSA) is 161 Å². The average Bonchev–Trinajstić information content (AvgIpc) is 2.73. The Bertz CT molecular complexity index is 929. The molecule has 0 saturated carbocycles. The minimum atomic E-state index is -1.82. The number of rotatable bonds is 12. The van der Waals surface area contributed by atoms with Gasteiger partial charge in [0.05, 0.1) is 18.1 Å². The number of esters is 1. The first-order valence-electron chi connectivity index (χ1n) is 11.8. The number of carboxylic acids is 1. The van der Waals surface area contributed by atoms with Crippen molar-refractivity contribution in [1.82, 2.24) is 0 Å². The van der Waals surface area contributed by atoms with Crippen LogP contribution in [0.25, 0.3) is 0 Å². The van der Waals surface area contributed by atoms with E-state index in [4.69, 9.17) is 29.4 Å². The molecular weight excluding hydrogens is 474 g/mol. The van der Waals surface area contributed by atoms with Gasteiger partial charge in [-0.2, -0.15) is 0 Å². The third-order valence-electron chi connectivity index (χ3n) is 4.99. The van der Waals surface area contributed by atoms with Crippen LogP contribution < -0.4 is 15.2 Å². The lowest BCUT2D eigenvalue weighted by atomic mass is 9.86. The van der Waals surface area contributed by atoms with Crippen molar-refractivity contribution in [3.63, 3.8) is 0 Å². The van der Waals surface area contributed by atoms with E-state index in [9.17, 15) is 24.3 Å². The van der Waals surface area contributed by atoms with Crippen molar-refractivity contribution in [2.24, 2.45) is 11.7 Å². The van der Waals surface area contributed by atoms with Crippen molar-refractivity contribution >= 4 is 24.2 Å². The van der Waals surface area contributed by atoms with Crippen LogP contribution in [0.2, 0.25) is 0 Å². The minimum Gasteiger partial charge on any atom is -0.480 e. The maximum atomic E-state index is 12.1. The van der Waals surface area contributed by atoms with E-state index in [2.05, 4.69) is 0 Å². The Morgan fingerprint density at radius 2 is 1.42 bits per heavy atom. The highest BCUT2D eigenvalue weighted by molar-refractivity contribution is 5.79. The summed E-state index contributed by atoms with van der Waals surface area (Å²) in [6.45, 7) is 11.6. The van der Waals surface area contributed by atoms with Gasteiger partial charge in [-0.05, 0) is 58.7 Å². The highest BCUT2D eigenvalue weighted by atomic mass is 16.7. The molecule has 0 radical (unpaired) electrons. The van der Waals surface area contributed by atoms with Gasteiger partial charge in [0.15, 0.2) is 11.5 Å². The van der Waals surface area contributed by atoms with Gasteiger partial charge in [-0.25, -0.2) is 9.59 Å². The molecule has 0 aromatic heterocycles. The number of carbonyl (C=O) groups excluding carboxylic acids is 3. The second-order valence-corrected chi connectivity index (χ2v) is 9.22. The lowest BCUT2D eigenvalue weighted by Gasteiger charge is -2.28. The van der Waals surface area contributed by atoms with Gasteiger partial charge in [0.2, 0.25) is 0 Å². The predicted octanol–water partition coefficient (Wildman–Crippen LogP) is 4.23. The number of nitrogens with two attached hydrogens (primary N) is 1. The van der Waals surface area contributed by atoms with Crippen LogP contribution in [-0.2, 0) is 30.2 Å². The molecule has 1 aromatic carbocycles. The smallest absolute Gasteiger partial charge is 0.480 e. The van der Waals surface area contributed by atoms with Gasteiger partial charge in [0.25, 0.3) is 0 Å². The Kier molecular flexibility index (Phi) is 11.7. The molecule has 0 bridgehead atoms. The summed E-state index contributed by atoms with van der Waals surface area (Å²) in [6.07, 6.45) is -3.55. The highest BCUT2D eigenvalue weighted by Crippen LogP contribution is 2.31. The molecule has 0 aliphatic heterocycles. The molecule has 202 valence electrons. The van der Waals surface area contributed by atoms with Crippen LogP contribution in [0.1, 0.15) is 66.9 Å². The monoisotopic (exact) mass is 511 g/mol. The summed E-state index contributed by atoms with van der Waals surface area (Å²) < 4.78 is 25.6.